The van der Waals surface area contributed by atoms with Crippen LogP contribution in [0, 0.1) is 0 Å². The highest BCUT2D eigenvalue weighted by Crippen LogP contribution is 2.23. The Balaban J connectivity index is 1.56. The molecule has 0 saturated carbocycles. The summed E-state index contributed by atoms with van der Waals surface area (Å²) in [7, 11) is 0. The molecule has 1 atom stereocenters. The fourth-order valence-corrected chi connectivity index (χ4v) is 3.85. The molecule has 27 heavy (non-hydrogen) atoms. The number of tetrazole rings is 1. The standard InChI is InChI=1S/C18H24N6O3/c25-17(15-6-2-1-5-14(15)16-19-21-22-20-16)24-9-10-27-13-18(26,12-24)11-23-7-3-4-8-23/h1-2,5-6,26H,3-4,7-13H2,(H,19,20,21,22)/t18-/m1/s1. The maximum atomic E-state index is 13.3. The minimum absolute atomic E-state index is 0.166. The summed E-state index contributed by atoms with van der Waals surface area (Å²) in [6.07, 6.45) is 2.30. The molecule has 0 bridgehead atoms. The third kappa shape index (κ3) is 4.00. The van der Waals surface area contributed by atoms with E-state index in [1.54, 1.807) is 17.0 Å². The summed E-state index contributed by atoms with van der Waals surface area (Å²) in [5, 5.41) is 25.1. The number of aliphatic hydroxyl groups is 1. The largest absolute Gasteiger partial charge is 0.384 e. The maximum Gasteiger partial charge on any atom is 0.254 e. The van der Waals surface area contributed by atoms with Gasteiger partial charge < -0.3 is 19.6 Å². The summed E-state index contributed by atoms with van der Waals surface area (Å²) in [6.45, 7) is 3.79. The first kappa shape index (κ1) is 18.0. The fourth-order valence-electron chi connectivity index (χ4n) is 3.85. The van der Waals surface area contributed by atoms with Crippen molar-refractivity contribution in [3.05, 3.63) is 29.8 Å². The number of amides is 1. The highest BCUT2D eigenvalue weighted by molar-refractivity contribution is 6.00. The Hall–Kier alpha value is -2.36. The Kier molecular flexibility index (Phi) is 5.15. The number of carbonyl (C=O) groups is 1. The van der Waals surface area contributed by atoms with Crippen molar-refractivity contribution >= 4 is 5.91 Å². The Labute approximate surface area is 157 Å². The molecule has 1 aromatic carbocycles. The third-order valence-corrected chi connectivity index (χ3v) is 5.11. The van der Waals surface area contributed by atoms with Crippen molar-refractivity contribution in [2.75, 3.05) is 45.9 Å². The van der Waals surface area contributed by atoms with Gasteiger partial charge in [-0.05, 0) is 37.2 Å². The van der Waals surface area contributed by atoms with Crippen LogP contribution in [-0.4, -0.2) is 93.0 Å². The molecule has 9 nitrogen and oxygen atoms in total. The Morgan fingerprint density at radius 2 is 2.07 bits per heavy atom. The van der Waals surface area contributed by atoms with E-state index in [4.69, 9.17) is 4.74 Å². The summed E-state index contributed by atoms with van der Waals surface area (Å²) in [5.41, 5.74) is 0.0335. The van der Waals surface area contributed by atoms with Crippen LogP contribution in [0.5, 0.6) is 0 Å². The first-order valence-corrected chi connectivity index (χ1v) is 9.29. The molecule has 0 radical (unpaired) electrons. The van der Waals surface area contributed by atoms with Crippen LogP contribution >= 0.6 is 0 Å². The van der Waals surface area contributed by atoms with Crippen molar-refractivity contribution in [3.8, 4) is 11.4 Å². The predicted octanol–water partition coefficient (Wildman–Crippen LogP) is 0.166. The smallest absolute Gasteiger partial charge is 0.254 e. The number of hydrogen-bond acceptors (Lipinski definition) is 7. The van der Waals surface area contributed by atoms with Gasteiger partial charge in [0.05, 0.1) is 25.3 Å². The molecular formula is C18H24N6O3. The zero-order chi connectivity index (χ0) is 18.7. The number of rotatable bonds is 4. The van der Waals surface area contributed by atoms with Crippen molar-refractivity contribution in [3.63, 3.8) is 0 Å². The number of nitrogens with one attached hydrogen (secondary N) is 1. The van der Waals surface area contributed by atoms with Gasteiger partial charge in [0.1, 0.15) is 5.60 Å². The molecule has 2 saturated heterocycles. The second-order valence-corrected chi connectivity index (χ2v) is 7.27. The molecule has 1 aromatic heterocycles. The van der Waals surface area contributed by atoms with Crippen LogP contribution in [0.3, 0.4) is 0 Å². The molecule has 1 amide bonds. The highest BCUT2D eigenvalue weighted by Gasteiger charge is 2.37. The van der Waals surface area contributed by atoms with Gasteiger partial charge >= 0.3 is 0 Å². The first-order valence-electron chi connectivity index (χ1n) is 9.29. The van der Waals surface area contributed by atoms with Gasteiger partial charge in [-0.15, -0.1) is 10.2 Å². The number of nitrogens with zero attached hydrogens (tertiary/aromatic N) is 5. The number of aromatic nitrogens is 4. The normalized spacial score (nSPS) is 24.1. The van der Waals surface area contributed by atoms with E-state index in [-0.39, 0.29) is 19.1 Å². The predicted molar refractivity (Wildman–Crippen MR) is 97.0 cm³/mol. The molecule has 3 heterocycles. The monoisotopic (exact) mass is 372 g/mol. The summed E-state index contributed by atoms with van der Waals surface area (Å²) in [6, 6.07) is 7.18. The molecule has 9 heteroatoms. The fraction of sp³-hybridized carbons (Fsp3) is 0.556. The molecular weight excluding hydrogens is 348 g/mol. The molecule has 2 fully saturated rings. The van der Waals surface area contributed by atoms with Crippen molar-refractivity contribution in [1.29, 1.82) is 0 Å². The number of carbonyl (C=O) groups excluding carboxylic acids is 1. The number of H-pyrrole nitrogens is 1. The van der Waals surface area contributed by atoms with E-state index in [2.05, 4.69) is 25.5 Å². The van der Waals surface area contributed by atoms with Crippen molar-refractivity contribution in [1.82, 2.24) is 30.4 Å². The van der Waals surface area contributed by atoms with E-state index in [1.807, 2.05) is 12.1 Å². The lowest BCUT2D eigenvalue weighted by molar-refractivity contribution is -0.0524. The number of hydrogen-bond donors (Lipinski definition) is 2. The molecule has 2 N–H and O–H groups in total. The molecule has 4 rings (SSSR count). The van der Waals surface area contributed by atoms with E-state index < -0.39 is 5.60 Å². The number of β-amino-alcohol motifs (C(OH)–C–C–N with tert-alkyl or cyclic N) is 1. The van der Waals surface area contributed by atoms with Crippen LogP contribution in [0.1, 0.15) is 23.2 Å². The second kappa shape index (κ2) is 7.71. The summed E-state index contributed by atoms with van der Waals surface area (Å²) < 4.78 is 5.63. The van der Waals surface area contributed by atoms with E-state index in [1.165, 1.54) is 0 Å². The van der Waals surface area contributed by atoms with Gasteiger partial charge in [0.15, 0.2) is 0 Å². The van der Waals surface area contributed by atoms with Crippen molar-refractivity contribution in [2.24, 2.45) is 0 Å². The number of benzene rings is 1. The van der Waals surface area contributed by atoms with Crippen molar-refractivity contribution < 1.29 is 14.6 Å². The van der Waals surface area contributed by atoms with E-state index in [0.717, 1.165) is 25.9 Å². The van der Waals surface area contributed by atoms with Gasteiger partial charge in [-0.25, -0.2) is 0 Å². The van der Waals surface area contributed by atoms with Gasteiger partial charge in [-0.3, -0.25) is 4.79 Å². The summed E-state index contributed by atoms with van der Waals surface area (Å²) >= 11 is 0. The molecule has 0 aliphatic carbocycles. The molecule has 2 aromatic rings. The van der Waals surface area contributed by atoms with Gasteiger partial charge in [0, 0.05) is 18.7 Å². The van der Waals surface area contributed by atoms with Crippen LogP contribution < -0.4 is 0 Å². The molecule has 2 aliphatic rings. The topological polar surface area (TPSA) is 107 Å². The van der Waals surface area contributed by atoms with Gasteiger partial charge in [-0.1, -0.05) is 18.2 Å². The SMILES string of the molecule is O=C(c1ccccc1-c1nn[nH]n1)N1CCOC[C@@](O)(CN2CCCC2)C1. The highest BCUT2D eigenvalue weighted by atomic mass is 16.5. The molecule has 0 unspecified atom stereocenters. The Morgan fingerprint density at radius 1 is 1.26 bits per heavy atom. The van der Waals surface area contributed by atoms with Crippen LogP contribution in [0.25, 0.3) is 11.4 Å². The number of ether oxygens (including phenoxy) is 1. The maximum absolute atomic E-state index is 13.3. The minimum Gasteiger partial charge on any atom is -0.384 e. The molecule has 0 spiro atoms. The lowest BCUT2D eigenvalue weighted by Crippen LogP contribution is -2.53. The number of likely N-dealkylation sites (tertiary alicyclic amines) is 1. The van der Waals surface area contributed by atoms with Crippen LogP contribution in [0.15, 0.2) is 24.3 Å². The zero-order valence-corrected chi connectivity index (χ0v) is 15.2. The third-order valence-electron chi connectivity index (χ3n) is 5.11. The van der Waals surface area contributed by atoms with Gasteiger partial charge in [-0.2, -0.15) is 5.21 Å². The lowest BCUT2D eigenvalue weighted by atomic mass is 10.0. The van der Waals surface area contributed by atoms with Crippen LogP contribution in [0.2, 0.25) is 0 Å². The van der Waals surface area contributed by atoms with E-state index in [0.29, 0.717) is 36.6 Å². The van der Waals surface area contributed by atoms with Gasteiger partial charge in [0.25, 0.3) is 5.91 Å². The van der Waals surface area contributed by atoms with Crippen LogP contribution in [0.4, 0.5) is 0 Å². The average Bonchev–Trinajstić information content (AvgIpc) is 3.34. The average molecular weight is 372 g/mol. The number of aromatic amines is 1. The van der Waals surface area contributed by atoms with Crippen molar-refractivity contribution in [2.45, 2.75) is 18.4 Å². The van der Waals surface area contributed by atoms with Gasteiger partial charge in [0.2, 0.25) is 5.82 Å². The van der Waals surface area contributed by atoms with E-state index >= 15 is 0 Å². The lowest BCUT2D eigenvalue weighted by Gasteiger charge is -2.34. The summed E-state index contributed by atoms with van der Waals surface area (Å²) in [4.78, 5) is 17.2. The minimum atomic E-state index is -1.07. The first-order chi connectivity index (χ1) is 13.1. The Morgan fingerprint density at radius 3 is 2.85 bits per heavy atom. The summed E-state index contributed by atoms with van der Waals surface area (Å²) in [5.74, 6) is 0.207. The second-order valence-electron chi connectivity index (χ2n) is 7.27. The Bertz CT molecular complexity index is 777. The zero-order valence-electron chi connectivity index (χ0n) is 15.2. The molecule has 144 valence electrons. The molecule has 2 aliphatic heterocycles. The van der Waals surface area contributed by atoms with Crippen LogP contribution in [-0.2, 0) is 4.74 Å². The quantitative estimate of drug-likeness (QED) is 0.787. The van der Waals surface area contributed by atoms with E-state index in [9.17, 15) is 9.90 Å².